The monoisotopic (exact) mass is 281 g/mol. The minimum atomic E-state index is -4.95. The summed E-state index contributed by atoms with van der Waals surface area (Å²) in [6, 6.07) is 0. The van der Waals surface area contributed by atoms with Gasteiger partial charge in [-0.05, 0) is 0 Å². The van der Waals surface area contributed by atoms with Crippen LogP contribution in [0.5, 0.6) is 17.2 Å². The molecule has 0 amide bonds. The molecule has 1 rings (SSSR count). The lowest BCUT2D eigenvalue weighted by atomic mass is 10.2. The first-order valence-corrected chi connectivity index (χ1v) is 4.86. The van der Waals surface area contributed by atoms with Crippen LogP contribution in [0.4, 0.5) is 13.2 Å². The summed E-state index contributed by atoms with van der Waals surface area (Å²) in [5.74, 6) is -2.80. The standard InChI is InChI=1S/C10H10F3NO5/c1-17-7(15)3-5-8(16)9(18-2)6(4-14-5)19-10(11,12)13/h4,16H,3H2,1-2H3. The van der Waals surface area contributed by atoms with Crippen LogP contribution < -0.4 is 9.47 Å². The number of ether oxygens (including phenoxy) is 3. The van der Waals surface area contributed by atoms with Crippen molar-refractivity contribution in [3.63, 3.8) is 0 Å². The third kappa shape index (κ3) is 3.90. The second-order valence-electron chi connectivity index (χ2n) is 3.25. The number of aromatic nitrogens is 1. The molecule has 1 aromatic rings. The predicted octanol–water partition coefficient (Wildman–Crippen LogP) is 1.41. The van der Waals surface area contributed by atoms with E-state index >= 15 is 0 Å². The number of methoxy groups -OCH3 is 2. The maximum absolute atomic E-state index is 12.1. The maximum atomic E-state index is 12.1. The van der Waals surface area contributed by atoms with Crippen molar-refractivity contribution < 1.29 is 37.3 Å². The highest BCUT2D eigenvalue weighted by Crippen LogP contribution is 2.40. The van der Waals surface area contributed by atoms with Gasteiger partial charge in [0, 0.05) is 0 Å². The predicted molar refractivity (Wildman–Crippen MR) is 54.9 cm³/mol. The molecule has 0 radical (unpaired) electrons. The minimum Gasteiger partial charge on any atom is -0.503 e. The van der Waals surface area contributed by atoms with Gasteiger partial charge in [-0.25, -0.2) is 0 Å². The number of rotatable bonds is 4. The molecule has 1 N–H and O–H groups in total. The van der Waals surface area contributed by atoms with Crippen LogP contribution in [-0.4, -0.2) is 36.6 Å². The second-order valence-corrected chi connectivity index (χ2v) is 3.25. The number of carbonyl (C=O) groups excluding carboxylic acids is 1. The van der Waals surface area contributed by atoms with E-state index in [1.807, 2.05) is 0 Å². The van der Waals surface area contributed by atoms with Gasteiger partial charge in [0.05, 0.1) is 32.5 Å². The number of aromatic hydroxyl groups is 1. The van der Waals surface area contributed by atoms with Crippen molar-refractivity contribution in [3.8, 4) is 17.2 Å². The van der Waals surface area contributed by atoms with E-state index < -0.39 is 36.0 Å². The van der Waals surface area contributed by atoms with Gasteiger partial charge in [-0.3, -0.25) is 9.78 Å². The van der Waals surface area contributed by atoms with Gasteiger partial charge in [-0.2, -0.15) is 0 Å². The average molecular weight is 281 g/mol. The summed E-state index contributed by atoms with van der Waals surface area (Å²) in [5.41, 5.74) is -0.182. The SMILES string of the molecule is COC(=O)Cc1ncc(OC(F)(F)F)c(OC)c1O. The maximum Gasteiger partial charge on any atom is 0.573 e. The Bertz CT molecular complexity index is 475. The van der Waals surface area contributed by atoms with Crippen LogP contribution in [0.2, 0.25) is 0 Å². The number of carbonyl (C=O) groups is 1. The molecular weight excluding hydrogens is 271 g/mol. The Labute approximate surface area is 105 Å². The molecule has 106 valence electrons. The number of halogens is 3. The largest absolute Gasteiger partial charge is 0.573 e. The first-order valence-electron chi connectivity index (χ1n) is 4.86. The lowest BCUT2D eigenvalue weighted by Gasteiger charge is -2.14. The molecule has 0 aliphatic rings. The molecule has 1 aromatic heterocycles. The van der Waals surface area contributed by atoms with Crippen molar-refractivity contribution in [2.45, 2.75) is 12.8 Å². The molecule has 6 nitrogen and oxygen atoms in total. The van der Waals surface area contributed by atoms with Gasteiger partial charge < -0.3 is 19.3 Å². The minimum absolute atomic E-state index is 0.182. The van der Waals surface area contributed by atoms with Crippen LogP contribution in [-0.2, 0) is 16.0 Å². The Hall–Kier alpha value is -2.19. The normalized spacial score (nSPS) is 11.0. The third-order valence-electron chi connectivity index (χ3n) is 2.02. The van der Waals surface area contributed by atoms with Gasteiger partial charge in [0.25, 0.3) is 0 Å². The van der Waals surface area contributed by atoms with Crippen molar-refractivity contribution in [2.75, 3.05) is 14.2 Å². The zero-order valence-corrected chi connectivity index (χ0v) is 9.95. The lowest BCUT2D eigenvalue weighted by Crippen LogP contribution is -2.18. The van der Waals surface area contributed by atoms with Crippen LogP contribution in [0.1, 0.15) is 5.69 Å². The zero-order valence-electron chi connectivity index (χ0n) is 9.95. The summed E-state index contributed by atoms with van der Waals surface area (Å²) in [7, 11) is 2.16. The van der Waals surface area contributed by atoms with Gasteiger partial charge in [0.2, 0.25) is 5.75 Å². The van der Waals surface area contributed by atoms with E-state index in [4.69, 9.17) is 0 Å². The van der Waals surface area contributed by atoms with Crippen LogP contribution >= 0.6 is 0 Å². The Balaban J connectivity index is 3.12. The van der Waals surface area contributed by atoms with Crippen LogP contribution in [0.15, 0.2) is 6.20 Å². The van der Waals surface area contributed by atoms with Gasteiger partial charge in [-0.15, -0.1) is 13.2 Å². The fourth-order valence-corrected chi connectivity index (χ4v) is 1.24. The molecule has 19 heavy (non-hydrogen) atoms. The van der Waals surface area contributed by atoms with Gasteiger partial charge in [-0.1, -0.05) is 0 Å². The molecule has 0 aliphatic carbocycles. The molecule has 0 aliphatic heterocycles. The van der Waals surface area contributed by atoms with E-state index in [1.165, 1.54) is 0 Å². The van der Waals surface area contributed by atoms with E-state index in [0.717, 1.165) is 14.2 Å². The second kappa shape index (κ2) is 5.63. The van der Waals surface area contributed by atoms with E-state index in [0.29, 0.717) is 6.20 Å². The first kappa shape index (κ1) is 14.9. The zero-order chi connectivity index (χ0) is 14.6. The number of nitrogens with zero attached hydrogens (tertiary/aromatic N) is 1. The fourth-order valence-electron chi connectivity index (χ4n) is 1.24. The fraction of sp³-hybridized carbons (Fsp3) is 0.400. The highest BCUT2D eigenvalue weighted by molar-refractivity contribution is 5.73. The highest BCUT2D eigenvalue weighted by Gasteiger charge is 2.34. The molecule has 0 spiro atoms. The Morgan fingerprint density at radius 1 is 1.42 bits per heavy atom. The number of esters is 1. The molecule has 0 unspecified atom stereocenters. The van der Waals surface area contributed by atoms with E-state index in [9.17, 15) is 23.1 Å². The summed E-state index contributed by atoms with van der Waals surface area (Å²) >= 11 is 0. The molecule has 0 saturated carbocycles. The van der Waals surface area contributed by atoms with Crippen molar-refractivity contribution in [3.05, 3.63) is 11.9 Å². The Morgan fingerprint density at radius 2 is 2.05 bits per heavy atom. The number of hydrogen-bond acceptors (Lipinski definition) is 6. The highest BCUT2D eigenvalue weighted by atomic mass is 19.4. The molecular formula is C10H10F3NO5. The summed E-state index contributed by atoms with van der Waals surface area (Å²) < 4.78 is 48.9. The van der Waals surface area contributed by atoms with Crippen molar-refractivity contribution in [2.24, 2.45) is 0 Å². The molecule has 9 heteroatoms. The van der Waals surface area contributed by atoms with Gasteiger partial charge in [0.15, 0.2) is 11.5 Å². The third-order valence-corrected chi connectivity index (χ3v) is 2.02. The number of alkyl halides is 3. The van der Waals surface area contributed by atoms with Crippen LogP contribution in [0, 0.1) is 0 Å². The first-order chi connectivity index (χ1) is 8.78. The average Bonchev–Trinajstić information content (AvgIpc) is 2.31. The van der Waals surface area contributed by atoms with Crippen molar-refractivity contribution >= 4 is 5.97 Å². The summed E-state index contributed by atoms with van der Waals surface area (Å²) in [4.78, 5) is 14.5. The van der Waals surface area contributed by atoms with E-state index in [1.54, 1.807) is 0 Å². The number of hydrogen-bond donors (Lipinski definition) is 1. The molecule has 0 bridgehead atoms. The summed E-state index contributed by atoms with van der Waals surface area (Å²) in [6.45, 7) is 0. The molecule has 1 heterocycles. The van der Waals surface area contributed by atoms with Crippen molar-refractivity contribution in [1.82, 2.24) is 4.98 Å². The molecule has 0 aromatic carbocycles. The number of pyridine rings is 1. The van der Waals surface area contributed by atoms with Crippen LogP contribution in [0.25, 0.3) is 0 Å². The summed E-state index contributed by atoms with van der Waals surface area (Å²) in [6.07, 6.45) is -4.67. The summed E-state index contributed by atoms with van der Waals surface area (Å²) in [5, 5.41) is 9.67. The van der Waals surface area contributed by atoms with E-state index in [-0.39, 0.29) is 5.69 Å². The van der Waals surface area contributed by atoms with Gasteiger partial charge >= 0.3 is 12.3 Å². The molecule has 0 atom stereocenters. The Kier molecular flexibility index (Phi) is 4.41. The Morgan fingerprint density at radius 3 is 2.53 bits per heavy atom. The molecule has 0 saturated heterocycles. The lowest BCUT2D eigenvalue weighted by molar-refractivity contribution is -0.275. The van der Waals surface area contributed by atoms with E-state index in [2.05, 4.69) is 19.2 Å². The quantitative estimate of drug-likeness (QED) is 0.841. The molecule has 0 fully saturated rings. The van der Waals surface area contributed by atoms with Crippen molar-refractivity contribution in [1.29, 1.82) is 0 Å². The van der Waals surface area contributed by atoms with Crippen LogP contribution in [0.3, 0.4) is 0 Å². The van der Waals surface area contributed by atoms with Gasteiger partial charge in [0.1, 0.15) is 0 Å². The topological polar surface area (TPSA) is 77.9 Å². The smallest absolute Gasteiger partial charge is 0.503 e.